The molecule has 0 unspecified atom stereocenters. The molecule has 0 aromatic carbocycles. The first-order chi connectivity index (χ1) is 8.04. The Morgan fingerprint density at radius 2 is 2.29 bits per heavy atom. The van der Waals surface area contributed by atoms with Gasteiger partial charge in [0, 0.05) is 13.7 Å². The summed E-state index contributed by atoms with van der Waals surface area (Å²) in [6.07, 6.45) is 1.46. The Bertz CT molecular complexity index is 405. The minimum absolute atomic E-state index is 0.249. The van der Waals surface area contributed by atoms with Crippen LogP contribution in [-0.2, 0) is 9.53 Å². The van der Waals surface area contributed by atoms with E-state index in [1.165, 1.54) is 29.5 Å². The van der Waals surface area contributed by atoms with Crippen molar-refractivity contribution in [3.05, 3.63) is 16.1 Å². The fraction of sp³-hybridized carbons (Fsp3) is 0.500. The van der Waals surface area contributed by atoms with Crippen LogP contribution < -0.4 is 0 Å². The monoisotopic (exact) mass is 258 g/mol. The first-order valence-corrected chi connectivity index (χ1v) is 5.78. The van der Waals surface area contributed by atoms with Gasteiger partial charge in [-0.2, -0.15) is 0 Å². The minimum atomic E-state index is -1.05. The van der Waals surface area contributed by atoms with E-state index in [1.807, 2.05) is 0 Å². The third-order valence-corrected chi connectivity index (χ3v) is 2.91. The van der Waals surface area contributed by atoms with Crippen LogP contribution in [0.15, 0.2) is 6.20 Å². The summed E-state index contributed by atoms with van der Waals surface area (Å²) in [5, 5.41) is 9.51. The SMILES string of the molecule is COCCN(CC(=O)O)C(=O)c1cnc(C)s1. The molecule has 1 amide bonds. The molecule has 6 nitrogen and oxygen atoms in total. The Hall–Kier alpha value is -1.47. The number of carboxylic acids is 1. The Kier molecular flexibility index (Phi) is 5.05. The number of amides is 1. The van der Waals surface area contributed by atoms with Crippen LogP contribution in [0.1, 0.15) is 14.7 Å². The van der Waals surface area contributed by atoms with Crippen LogP contribution in [0.5, 0.6) is 0 Å². The molecule has 7 heteroatoms. The van der Waals surface area contributed by atoms with Crippen molar-refractivity contribution in [2.45, 2.75) is 6.92 Å². The summed E-state index contributed by atoms with van der Waals surface area (Å²) in [6.45, 7) is 2.01. The fourth-order valence-electron chi connectivity index (χ4n) is 1.23. The van der Waals surface area contributed by atoms with Gasteiger partial charge in [0.2, 0.25) is 0 Å². The van der Waals surface area contributed by atoms with Crippen molar-refractivity contribution in [1.82, 2.24) is 9.88 Å². The lowest BCUT2D eigenvalue weighted by Gasteiger charge is -2.19. The zero-order valence-electron chi connectivity index (χ0n) is 9.67. The average molecular weight is 258 g/mol. The van der Waals surface area contributed by atoms with Gasteiger partial charge in [-0.1, -0.05) is 0 Å². The molecule has 1 heterocycles. The van der Waals surface area contributed by atoms with Gasteiger partial charge >= 0.3 is 5.97 Å². The topological polar surface area (TPSA) is 79.7 Å². The third kappa shape index (κ3) is 4.12. The zero-order chi connectivity index (χ0) is 12.8. The van der Waals surface area contributed by atoms with E-state index in [1.54, 1.807) is 6.92 Å². The number of rotatable bonds is 6. The quantitative estimate of drug-likeness (QED) is 0.809. The van der Waals surface area contributed by atoms with Gasteiger partial charge in [-0.3, -0.25) is 9.59 Å². The van der Waals surface area contributed by atoms with Gasteiger partial charge < -0.3 is 14.7 Å². The molecule has 1 N–H and O–H groups in total. The standard InChI is InChI=1S/C10H14N2O4S/c1-7-11-5-8(17-7)10(15)12(3-4-16-2)6-9(13)14/h5H,3-4,6H2,1-2H3,(H,13,14). The summed E-state index contributed by atoms with van der Waals surface area (Å²) in [4.78, 5) is 28.3. The molecule has 0 saturated carbocycles. The third-order valence-electron chi connectivity index (χ3n) is 2.01. The Morgan fingerprint density at radius 1 is 1.59 bits per heavy atom. The van der Waals surface area contributed by atoms with Crippen LogP contribution in [-0.4, -0.2) is 53.7 Å². The van der Waals surface area contributed by atoms with Crippen molar-refractivity contribution in [3.8, 4) is 0 Å². The number of aryl methyl sites for hydroxylation is 1. The molecule has 0 atom stereocenters. The normalized spacial score (nSPS) is 10.2. The summed E-state index contributed by atoms with van der Waals surface area (Å²) in [5.41, 5.74) is 0. The summed E-state index contributed by atoms with van der Waals surface area (Å²) < 4.78 is 4.85. The van der Waals surface area contributed by atoms with Gasteiger partial charge in [-0.15, -0.1) is 11.3 Å². The first-order valence-electron chi connectivity index (χ1n) is 4.97. The maximum absolute atomic E-state index is 12.0. The molecule has 0 aliphatic rings. The summed E-state index contributed by atoms with van der Waals surface area (Å²) in [6, 6.07) is 0. The van der Waals surface area contributed by atoms with Crippen molar-refractivity contribution in [3.63, 3.8) is 0 Å². The molecule has 0 aliphatic heterocycles. The fourth-order valence-corrected chi connectivity index (χ4v) is 1.98. The Balaban J connectivity index is 2.74. The first kappa shape index (κ1) is 13.6. The number of carbonyl (C=O) groups excluding carboxylic acids is 1. The number of carbonyl (C=O) groups is 2. The van der Waals surface area contributed by atoms with Crippen LogP contribution >= 0.6 is 11.3 Å². The molecular weight excluding hydrogens is 244 g/mol. The van der Waals surface area contributed by atoms with Crippen molar-refractivity contribution >= 4 is 23.2 Å². The highest BCUT2D eigenvalue weighted by Gasteiger charge is 2.19. The predicted molar refractivity (Wildman–Crippen MR) is 62.3 cm³/mol. The van der Waals surface area contributed by atoms with E-state index in [-0.39, 0.29) is 19.0 Å². The van der Waals surface area contributed by atoms with Crippen LogP contribution in [0.3, 0.4) is 0 Å². The zero-order valence-corrected chi connectivity index (χ0v) is 10.5. The average Bonchev–Trinajstić information content (AvgIpc) is 2.69. The number of carboxylic acid groups (broad SMARTS) is 1. The molecule has 0 saturated heterocycles. The number of ether oxygens (including phenoxy) is 1. The van der Waals surface area contributed by atoms with Crippen LogP contribution in [0.4, 0.5) is 0 Å². The molecule has 0 spiro atoms. The van der Waals surface area contributed by atoms with Crippen LogP contribution in [0.25, 0.3) is 0 Å². The maximum Gasteiger partial charge on any atom is 0.323 e. The van der Waals surface area contributed by atoms with E-state index in [2.05, 4.69) is 4.98 Å². The maximum atomic E-state index is 12.0. The van der Waals surface area contributed by atoms with Crippen LogP contribution in [0.2, 0.25) is 0 Å². The Labute approximate surface area is 103 Å². The molecule has 1 rings (SSSR count). The van der Waals surface area contributed by atoms with Crippen LogP contribution in [0, 0.1) is 6.92 Å². The number of methoxy groups -OCH3 is 1. The van der Waals surface area contributed by atoms with Gasteiger partial charge in [-0.05, 0) is 6.92 Å². The number of thiazole rings is 1. The largest absolute Gasteiger partial charge is 0.480 e. The van der Waals surface area contributed by atoms with Crippen molar-refractivity contribution in [2.75, 3.05) is 26.8 Å². The van der Waals surface area contributed by atoms with E-state index in [4.69, 9.17) is 9.84 Å². The second-order valence-electron chi connectivity index (χ2n) is 3.36. The number of hydrogen-bond donors (Lipinski definition) is 1. The van der Waals surface area contributed by atoms with Gasteiger partial charge in [0.15, 0.2) is 0 Å². The van der Waals surface area contributed by atoms with E-state index in [0.29, 0.717) is 11.5 Å². The number of aliphatic carboxylic acids is 1. The van der Waals surface area contributed by atoms with E-state index in [9.17, 15) is 9.59 Å². The lowest BCUT2D eigenvalue weighted by Crippen LogP contribution is -2.37. The molecule has 0 radical (unpaired) electrons. The molecule has 0 fully saturated rings. The van der Waals surface area contributed by atoms with Gasteiger partial charge in [-0.25, -0.2) is 4.98 Å². The number of nitrogens with zero attached hydrogens (tertiary/aromatic N) is 2. The molecule has 1 aromatic heterocycles. The highest BCUT2D eigenvalue weighted by atomic mass is 32.1. The molecule has 0 aliphatic carbocycles. The van der Waals surface area contributed by atoms with E-state index < -0.39 is 5.97 Å². The number of aromatic nitrogens is 1. The summed E-state index contributed by atoms with van der Waals surface area (Å²) in [7, 11) is 1.50. The minimum Gasteiger partial charge on any atom is -0.480 e. The van der Waals surface area contributed by atoms with Gasteiger partial charge in [0.1, 0.15) is 11.4 Å². The second-order valence-corrected chi connectivity index (χ2v) is 4.59. The van der Waals surface area contributed by atoms with Gasteiger partial charge in [0.05, 0.1) is 17.8 Å². The number of hydrogen-bond acceptors (Lipinski definition) is 5. The summed E-state index contributed by atoms with van der Waals surface area (Å²) in [5.74, 6) is -1.37. The summed E-state index contributed by atoms with van der Waals surface area (Å²) >= 11 is 1.25. The highest BCUT2D eigenvalue weighted by molar-refractivity contribution is 7.13. The van der Waals surface area contributed by atoms with Crippen molar-refractivity contribution in [1.29, 1.82) is 0 Å². The van der Waals surface area contributed by atoms with E-state index in [0.717, 1.165) is 5.01 Å². The van der Waals surface area contributed by atoms with E-state index >= 15 is 0 Å². The van der Waals surface area contributed by atoms with Gasteiger partial charge in [0.25, 0.3) is 5.91 Å². The molecule has 17 heavy (non-hydrogen) atoms. The lowest BCUT2D eigenvalue weighted by molar-refractivity contribution is -0.137. The molecular formula is C10H14N2O4S. The lowest BCUT2D eigenvalue weighted by atomic mass is 10.4. The predicted octanol–water partition coefficient (Wildman–Crippen LogP) is 0.625. The smallest absolute Gasteiger partial charge is 0.323 e. The molecule has 1 aromatic rings. The molecule has 0 bridgehead atoms. The van der Waals surface area contributed by atoms with Crippen molar-refractivity contribution < 1.29 is 19.4 Å². The highest BCUT2D eigenvalue weighted by Crippen LogP contribution is 2.14. The Morgan fingerprint density at radius 3 is 2.76 bits per heavy atom. The van der Waals surface area contributed by atoms with Crippen molar-refractivity contribution in [2.24, 2.45) is 0 Å². The molecule has 94 valence electrons. The second kappa shape index (κ2) is 6.31.